The number of hydrogen-bond donors (Lipinski definition) is 1. The van der Waals surface area contributed by atoms with Crippen LogP contribution in [0.4, 0.5) is 9.52 Å². The number of aromatic nitrogens is 1. The summed E-state index contributed by atoms with van der Waals surface area (Å²) in [6, 6.07) is 11.4. The van der Waals surface area contributed by atoms with E-state index in [0.717, 1.165) is 16.1 Å². The van der Waals surface area contributed by atoms with E-state index in [1.165, 1.54) is 23.5 Å². The summed E-state index contributed by atoms with van der Waals surface area (Å²) in [5.74, 6) is -2.42. The van der Waals surface area contributed by atoms with Gasteiger partial charge in [0.05, 0.1) is 10.7 Å². The number of halogens is 3. The molecule has 27 heavy (non-hydrogen) atoms. The van der Waals surface area contributed by atoms with Crippen LogP contribution in [0, 0.1) is 5.82 Å². The molecule has 0 aliphatic carbocycles. The van der Waals surface area contributed by atoms with Gasteiger partial charge < -0.3 is 4.74 Å². The predicted molar refractivity (Wildman–Crippen MR) is 106 cm³/mol. The van der Waals surface area contributed by atoms with Crippen LogP contribution in [0.2, 0.25) is 5.02 Å². The van der Waals surface area contributed by atoms with Gasteiger partial charge in [-0.2, -0.15) is 0 Å². The van der Waals surface area contributed by atoms with Gasteiger partial charge in [0.15, 0.2) is 11.7 Å². The number of nitrogens with one attached hydrogen (secondary N) is 1. The molecule has 0 fully saturated rings. The van der Waals surface area contributed by atoms with Crippen LogP contribution in [-0.4, -0.2) is 23.5 Å². The van der Waals surface area contributed by atoms with E-state index < -0.39 is 29.9 Å². The van der Waals surface area contributed by atoms with Crippen LogP contribution in [0.3, 0.4) is 0 Å². The highest BCUT2D eigenvalue weighted by Gasteiger charge is 2.18. The molecular weight excluding hydrogens is 459 g/mol. The van der Waals surface area contributed by atoms with Crippen molar-refractivity contribution in [3.8, 4) is 11.3 Å². The Morgan fingerprint density at radius 2 is 2.04 bits per heavy atom. The van der Waals surface area contributed by atoms with Crippen LogP contribution in [0.1, 0.15) is 10.4 Å². The molecule has 2 aromatic carbocycles. The molecule has 1 N–H and O–H groups in total. The molecule has 0 saturated carbocycles. The van der Waals surface area contributed by atoms with Crippen molar-refractivity contribution in [3.05, 3.63) is 68.7 Å². The molecule has 1 heterocycles. The van der Waals surface area contributed by atoms with E-state index in [4.69, 9.17) is 16.3 Å². The molecule has 138 valence electrons. The Morgan fingerprint density at radius 3 is 2.78 bits per heavy atom. The lowest BCUT2D eigenvalue weighted by Gasteiger charge is -2.06. The Labute approximate surface area is 171 Å². The first-order chi connectivity index (χ1) is 12.9. The topological polar surface area (TPSA) is 68.3 Å². The number of nitrogens with zero attached hydrogens (tertiary/aromatic N) is 1. The highest BCUT2D eigenvalue weighted by atomic mass is 79.9. The minimum Gasteiger partial charge on any atom is -0.452 e. The fraction of sp³-hybridized carbons (Fsp3) is 0.0556. The molecule has 0 bridgehead atoms. The zero-order valence-electron chi connectivity index (χ0n) is 13.5. The second kappa shape index (κ2) is 8.60. The standard InChI is InChI=1S/C18H11BrClFN2O3S/c19-11-4-1-3-10(7-11)14-9-27-18(22-14)23-15(24)8-26-17(25)16-12(20)5-2-6-13(16)21/h1-7,9H,8H2,(H,22,23,24). The van der Waals surface area contributed by atoms with Gasteiger partial charge in [-0.1, -0.05) is 45.7 Å². The number of benzene rings is 2. The summed E-state index contributed by atoms with van der Waals surface area (Å²) in [7, 11) is 0. The smallest absolute Gasteiger partial charge is 0.343 e. The summed E-state index contributed by atoms with van der Waals surface area (Å²) < 4.78 is 19.4. The van der Waals surface area contributed by atoms with Crippen molar-refractivity contribution in [1.29, 1.82) is 0 Å². The molecule has 0 aliphatic heterocycles. The monoisotopic (exact) mass is 468 g/mol. The summed E-state index contributed by atoms with van der Waals surface area (Å²) in [6.07, 6.45) is 0. The summed E-state index contributed by atoms with van der Waals surface area (Å²) in [4.78, 5) is 28.2. The lowest BCUT2D eigenvalue weighted by atomic mass is 10.2. The van der Waals surface area contributed by atoms with Gasteiger partial charge in [-0.25, -0.2) is 14.2 Å². The largest absolute Gasteiger partial charge is 0.452 e. The van der Waals surface area contributed by atoms with Crippen molar-refractivity contribution in [2.45, 2.75) is 0 Å². The molecule has 3 aromatic rings. The van der Waals surface area contributed by atoms with Gasteiger partial charge in [-0.05, 0) is 24.3 Å². The molecule has 0 saturated heterocycles. The van der Waals surface area contributed by atoms with Crippen LogP contribution in [0.25, 0.3) is 11.3 Å². The molecule has 0 radical (unpaired) electrons. The average molecular weight is 470 g/mol. The van der Waals surface area contributed by atoms with E-state index in [2.05, 4.69) is 26.2 Å². The van der Waals surface area contributed by atoms with Gasteiger partial charge in [0, 0.05) is 15.4 Å². The minimum atomic E-state index is -1.01. The molecule has 5 nitrogen and oxygen atoms in total. The maximum atomic E-state index is 13.7. The number of ether oxygens (including phenoxy) is 1. The summed E-state index contributed by atoms with van der Waals surface area (Å²) in [5.41, 5.74) is 1.19. The van der Waals surface area contributed by atoms with Crippen LogP contribution in [-0.2, 0) is 9.53 Å². The number of esters is 1. The van der Waals surface area contributed by atoms with E-state index in [9.17, 15) is 14.0 Å². The maximum absolute atomic E-state index is 13.7. The van der Waals surface area contributed by atoms with Crippen molar-refractivity contribution in [1.82, 2.24) is 4.98 Å². The van der Waals surface area contributed by atoms with Gasteiger partial charge in [0.1, 0.15) is 11.4 Å². The Bertz CT molecular complexity index is 992. The number of anilines is 1. The van der Waals surface area contributed by atoms with Gasteiger partial charge in [0.25, 0.3) is 5.91 Å². The third kappa shape index (κ3) is 4.91. The average Bonchev–Trinajstić information content (AvgIpc) is 3.08. The first kappa shape index (κ1) is 19.5. The van der Waals surface area contributed by atoms with Crippen LogP contribution < -0.4 is 5.32 Å². The Kier molecular flexibility index (Phi) is 6.20. The first-order valence-electron chi connectivity index (χ1n) is 7.56. The lowest BCUT2D eigenvalue weighted by Crippen LogP contribution is -2.21. The fourth-order valence-electron chi connectivity index (χ4n) is 2.16. The second-order valence-electron chi connectivity index (χ2n) is 5.27. The molecule has 3 rings (SSSR count). The third-order valence-corrected chi connectivity index (χ3v) is 4.94. The molecule has 1 aromatic heterocycles. The van der Waals surface area contributed by atoms with Gasteiger partial charge in [-0.3, -0.25) is 10.1 Å². The number of carbonyl (C=O) groups is 2. The van der Waals surface area contributed by atoms with Gasteiger partial charge >= 0.3 is 5.97 Å². The molecule has 1 amide bonds. The Morgan fingerprint density at radius 1 is 1.26 bits per heavy atom. The predicted octanol–water partition coefficient (Wildman–Crippen LogP) is 5.16. The van der Waals surface area contributed by atoms with Crippen LogP contribution >= 0.6 is 38.9 Å². The van der Waals surface area contributed by atoms with Gasteiger partial charge in [-0.15, -0.1) is 11.3 Å². The van der Waals surface area contributed by atoms with Crippen molar-refractivity contribution < 1.29 is 18.7 Å². The zero-order valence-corrected chi connectivity index (χ0v) is 16.7. The quantitative estimate of drug-likeness (QED) is 0.524. The highest BCUT2D eigenvalue weighted by molar-refractivity contribution is 9.10. The Hall–Kier alpha value is -2.29. The molecule has 0 spiro atoms. The molecular formula is C18H11BrClFN2O3S. The zero-order chi connectivity index (χ0) is 19.4. The molecule has 0 aliphatic rings. The fourth-order valence-corrected chi connectivity index (χ4v) is 3.54. The first-order valence-corrected chi connectivity index (χ1v) is 9.61. The number of hydrogen-bond acceptors (Lipinski definition) is 5. The number of amides is 1. The maximum Gasteiger partial charge on any atom is 0.343 e. The van der Waals surface area contributed by atoms with Crippen molar-refractivity contribution in [2.75, 3.05) is 11.9 Å². The molecule has 0 unspecified atom stereocenters. The van der Waals surface area contributed by atoms with Crippen molar-refractivity contribution in [3.63, 3.8) is 0 Å². The number of thiazole rings is 1. The summed E-state index contributed by atoms with van der Waals surface area (Å²) >= 11 is 10.4. The molecule has 9 heteroatoms. The summed E-state index contributed by atoms with van der Waals surface area (Å²) in [6.45, 7) is -0.588. The van der Waals surface area contributed by atoms with E-state index in [-0.39, 0.29) is 5.02 Å². The van der Waals surface area contributed by atoms with E-state index in [1.54, 1.807) is 5.38 Å². The van der Waals surface area contributed by atoms with Crippen LogP contribution in [0.5, 0.6) is 0 Å². The second-order valence-corrected chi connectivity index (χ2v) is 7.45. The number of rotatable bonds is 5. The van der Waals surface area contributed by atoms with E-state index in [1.807, 2.05) is 24.3 Å². The normalized spacial score (nSPS) is 10.5. The van der Waals surface area contributed by atoms with Gasteiger partial charge in [0.2, 0.25) is 0 Å². The van der Waals surface area contributed by atoms with Crippen LogP contribution in [0.15, 0.2) is 52.3 Å². The minimum absolute atomic E-state index is 0.0843. The van der Waals surface area contributed by atoms with Crippen molar-refractivity contribution >= 4 is 55.9 Å². The molecule has 0 atom stereocenters. The van der Waals surface area contributed by atoms with Crippen molar-refractivity contribution in [2.24, 2.45) is 0 Å². The number of carbonyl (C=O) groups excluding carboxylic acids is 2. The summed E-state index contributed by atoms with van der Waals surface area (Å²) in [5, 5.41) is 4.60. The third-order valence-electron chi connectivity index (χ3n) is 3.37. The Balaban J connectivity index is 1.59. The van der Waals surface area contributed by atoms with E-state index >= 15 is 0 Å². The highest BCUT2D eigenvalue weighted by Crippen LogP contribution is 2.27. The van der Waals surface area contributed by atoms with E-state index in [0.29, 0.717) is 10.8 Å². The lowest BCUT2D eigenvalue weighted by molar-refractivity contribution is -0.119. The SMILES string of the molecule is O=C(COC(=O)c1c(F)cccc1Cl)Nc1nc(-c2cccc(Br)c2)cs1.